The van der Waals surface area contributed by atoms with Gasteiger partial charge in [0, 0.05) is 4.47 Å². The monoisotopic (exact) mass is 373 g/mol. The van der Waals surface area contributed by atoms with E-state index in [2.05, 4.69) is 15.9 Å². The molecule has 1 saturated heterocycles. The number of carbonyl (C=O) groups excluding carboxylic acids is 2. The molecule has 0 unspecified atom stereocenters. The molecule has 0 N–H and O–H groups in total. The van der Waals surface area contributed by atoms with Crippen LogP contribution in [0.4, 0.5) is 10.5 Å². The molecule has 1 aliphatic rings. The van der Waals surface area contributed by atoms with Crippen LogP contribution in [0.25, 0.3) is 6.08 Å². The zero-order chi connectivity index (χ0) is 15.7. The molecule has 0 bridgehead atoms. The van der Waals surface area contributed by atoms with E-state index in [1.54, 1.807) is 12.1 Å². The minimum atomic E-state index is -0.277. The molecule has 110 valence electrons. The van der Waals surface area contributed by atoms with Crippen LogP contribution in [0.15, 0.2) is 57.9 Å². The minimum Gasteiger partial charge on any atom is -0.268 e. The van der Waals surface area contributed by atoms with Crippen LogP contribution in [0.2, 0.25) is 0 Å². The number of amides is 2. The highest BCUT2D eigenvalue weighted by Crippen LogP contribution is 2.36. The molecule has 0 spiro atoms. The highest BCUT2D eigenvalue weighted by atomic mass is 79.9. The predicted octanol–water partition coefficient (Wildman–Crippen LogP) is 5.00. The van der Waals surface area contributed by atoms with Gasteiger partial charge in [-0.1, -0.05) is 40.2 Å². The first-order valence-corrected chi connectivity index (χ1v) is 8.26. The molecule has 3 nitrogen and oxygen atoms in total. The minimum absolute atomic E-state index is 0.267. The number of carbonyl (C=O) groups is 2. The molecular weight excluding hydrogens is 362 g/mol. The van der Waals surface area contributed by atoms with Crippen LogP contribution in [0, 0.1) is 6.92 Å². The number of anilines is 1. The second-order valence-corrected chi connectivity index (χ2v) is 6.82. The zero-order valence-electron chi connectivity index (χ0n) is 11.7. The Balaban J connectivity index is 1.95. The molecule has 22 heavy (non-hydrogen) atoms. The maximum absolute atomic E-state index is 12.5. The van der Waals surface area contributed by atoms with E-state index in [1.807, 2.05) is 49.4 Å². The Morgan fingerprint density at radius 2 is 1.86 bits per heavy atom. The number of hydrogen-bond donors (Lipinski definition) is 0. The van der Waals surface area contributed by atoms with E-state index < -0.39 is 0 Å². The van der Waals surface area contributed by atoms with Crippen molar-refractivity contribution in [3.63, 3.8) is 0 Å². The summed E-state index contributed by atoms with van der Waals surface area (Å²) in [5.74, 6) is -0.277. The number of halogens is 1. The Labute approximate surface area is 141 Å². The molecule has 0 aliphatic carbocycles. The summed E-state index contributed by atoms with van der Waals surface area (Å²) in [5.41, 5.74) is 2.50. The van der Waals surface area contributed by atoms with Crippen molar-refractivity contribution in [3.05, 3.63) is 69.0 Å². The summed E-state index contributed by atoms with van der Waals surface area (Å²) in [6.45, 7) is 1.93. The highest BCUT2D eigenvalue weighted by molar-refractivity contribution is 9.10. The Morgan fingerprint density at radius 3 is 2.59 bits per heavy atom. The number of nitrogens with zero attached hydrogens (tertiary/aromatic N) is 1. The summed E-state index contributed by atoms with van der Waals surface area (Å²) in [7, 11) is 0. The Bertz CT molecular complexity index is 801. The van der Waals surface area contributed by atoms with Gasteiger partial charge in [-0.25, -0.2) is 4.90 Å². The van der Waals surface area contributed by atoms with E-state index in [4.69, 9.17) is 0 Å². The Morgan fingerprint density at radius 1 is 1.09 bits per heavy atom. The molecule has 1 heterocycles. The van der Waals surface area contributed by atoms with Crippen LogP contribution in [0.5, 0.6) is 0 Å². The van der Waals surface area contributed by atoms with Crippen molar-refractivity contribution >= 4 is 50.6 Å². The van der Waals surface area contributed by atoms with Gasteiger partial charge < -0.3 is 0 Å². The normalized spacial score (nSPS) is 16.6. The van der Waals surface area contributed by atoms with Gasteiger partial charge in [-0.15, -0.1) is 0 Å². The van der Waals surface area contributed by atoms with Crippen molar-refractivity contribution in [3.8, 4) is 0 Å². The van der Waals surface area contributed by atoms with E-state index in [1.165, 1.54) is 4.90 Å². The molecule has 0 atom stereocenters. The fraction of sp³-hybridized carbons (Fsp3) is 0.0588. The molecule has 3 rings (SSSR count). The molecule has 0 saturated carbocycles. The first-order valence-electron chi connectivity index (χ1n) is 6.65. The fourth-order valence-electron chi connectivity index (χ4n) is 2.21. The van der Waals surface area contributed by atoms with Gasteiger partial charge in [0.1, 0.15) is 0 Å². The number of benzene rings is 2. The Hall–Kier alpha value is -1.85. The van der Waals surface area contributed by atoms with Gasteiger partial charge in [0.25, 0.3) is 11.1 Å². The number of aryl methyl sites for hydroxylation is 1. The first kappa shape index (κ1) is 15.1. The van der Waals surface area contributed by atoms with Crippen LogP contribution in [-0.4, -0.2) is 11.1 Å². The van der Waals surface area contributed by atoms with E-state index in [0.717, 1.165) is 27.4 Å². The van der Waals surface area contributed by atoms with Gasteiger partial charge in [0.05, 0.1) is 10.6 Å². The Kier molecular flexibility index (Phi) is 4.18. The molecule has 2 amide bonds. The van der Waals surface area contributed by atoms with Gasteiger partial charge >= 0.3 is 0 Å². The summed E-state index contributed by atoms with van der Waals surface area (Å²) < 4.78 is 0.930. The van der Waals surface area contributed by atoms with E-state index in [-0.39, 0.29) is 11.1 Å². The molecule has 1 fully saturated rings. The summed E-state index contributed by atoms with van der Waals surface area (Å²) in [6, 6.07) is 15.0. The molecule has 0 radical (unpaired) electrons. The van der Waals surface area contributed by atoms with E-state index in [9.17, 15) is 9.59 Å². The van der Waals surface area contributed by atoms with Crippen molar-refractivity contribution in [2.24, 2.45) is 0 Å². The lowest BCUT2D eigenvalue weighted by Crippen LogP contribution is -2.27. The average Bonchev–Trinajstić information content (AvgIpc) is 2.73. The summed E-state index contributed by atoms with van der Waals surface area (Å²) in [5, 5.41) is -0.267. The lowest BCUT2D eigenvalue weighted by Gasteiger charge is -2.12. The maximum Gasteiger partial charge on any atom is 0.298 e. The number of thioether (sulfide) groups is 1. The van der Waals surface area contributed by atoms with Gasteiger partial charge in [0.15, 0.2) is 0 Å². The van der Waals surface area contributed by atoms with Gasteiger partial charge in [-0.05, 0) is 60.2 Å². The first-order chi connectivity index (χ1) is 10.5. The van der Waals surface area contributed by atoms with Crippen molar-refractivity contribution in [2.75, 3.05) is 4.90 Å². The second-order valence-electron chi connectivity index (χ2n) is 4.91. The fourth-order valence-corrected chi connectivity index (χ4v) is 3.46. The quantitative estimate of drug-likeness (QED) is 0.695. The maximum atomic E-state index is 12.5. The third kappa shape index (κ3) is 3.00. The van der Waals surface area contributed by atoms with Crippen LogP contribution >= 0.6 is 27.7 Å². The lowest BCUT2D eigenvalue weighted by molar-refractivity contribution is -0.113. The molecule has 1 aliphatic heterocycles. The third-order valence-corrected chi connectivity index (χ3v) is 4.56. The van der Waals surface area contributed by atoms with Crippen molar-refractivity contribution < 1.29 is 9.59 Å². The summed E-state index contributed by atoms with van der Waals surface area (Å²) in [6.07, 6.45) is 1.74. The molecule has 5 heteroatoms. The molecular formula is C17H12BrNO2S. The highest BCUT2D eigenvalue weighted by Gasteiger charge is 2.36. The second kappa shape index (κ2) is 6.10. The van der Waals surface area contributed by atoms with Crippen molar-refractivity contribution in [2.45, 2.75) is 6.92 Å². The number of rotatable bonds is 2. The zero-order valence-corrected chi connectivity index (χ0v) is 14.1. The van der Waals surface area contributed by atoms with Crippen molar-refractivity contribution in [1.82, 2.24) is 0 Å². The number of imide groups is 1. The number of hydrogen-bond acceptors (Lipinski definition) is 3. The molecule has 2 aromatic carbocycles. The molecule has 0 aromatic heterocycles. The summed E-state index contributed by atoms with van der Waals surface area (Å²) in [4.78, 5) is 26.4. The third-order valence-electron chi connectivity index (χ3n) is 3.20. The van der Waals surface area contributed by atoms with Crippen LogP contribution in [0.3, 0.4) is 0 Å². The van der Waals surface area contributed by atoms with Gasteiger partial charge in [-0.2, -0.15) is 0 Å². The van der Waals surface area contributed by atoms with E-state index in [0.29, 0.717) is 10.6 Å². The lowest BCUT2D eigenvalue weighted by atomic mass is 10.2. The topological polar surface area (TPSA) is 37.4 Å². The SMILES string of the molecule is Cc1cccc(N2C(=O)S/C(=C\c3cccc(Br)c3)C2=O)c1. The molecule has 2 aromatic rings. The standard InChI is InChI=1S/C17H12BrNO2S/c1-11-4-2-7-14(8-11)19-16(20)15(22-17(19)21)10-12-5-3-6-13(18)9-12/h2-10H,1H3/b15-10-. The van der Waals surface area contributed by atoms with Crippen LogP contribution in [-0.2, 0) is 4.79 Å². The smallest absolute Gasteiger partial charge is 0.268 e. The van der Waals surface area contributed by atoms with Crippen molar-refractivity contribution in [1.29, 1.82) is 0 Å². The van der Waals surface area contributed by atoms with Crippen LogP contribution in [0.1, 0.15) is 11.1 Å². The predicted molar refractivity (Wildman–Crippen MR) is 93.8 cm³/mol. The largest absolute Gasteiger partial charge is 0.298 e. The summed E-state index contributed by atoms with van der Waals surface area (Å²) >= 11 is 4.36. The van der Waals surface area contributed by atoms with Crippen LogP contribution < -0.4 is 4.90 Å². The van der Waals surface area contributed by atoms with E-state index >= 15 is 0 Å². The average molecular weight is 374 g/mol. The van der Waals surface area contributed by atoms with Gasteiger partial charge in [-0.3, -0.25) is 9.59 Å². The van der Waals surface area contributed by atoms with Gasteiger partial charge in [0.2, 0.25) is 0 Å².